The summed E-state index contributed by atoms with van der Waals surface area (Å²) in [5.41, 5.74) is 2.76. The summed E-state index contributed by atoms with van der Waals surface area (Å²) < 4.78 is 1.40. The third-order valence-electron chi connectivity index (χ3n) is 5.21. The number of nitriles is 1. The van der Waals surface area contributed by atoms with E-state index in [9.17, 15) is 10.1 Å². The maximum absolute atomic E-state index is 12.9. The predicted molar refractivity (Wildman–Crippen MR) is 99.5 cm³/mol. The van der Waals surface area contributed by atoms with Gasteiger partial charge in [-0.2, -0.15) is 9.78 Å². The van der Waals surface area contributed by atoms with Gasteiger partial charge in [-0.15, -0.1) is 0 Å². The largest absolute Gasteiger partial charge is 0.291 e. The highest BCUT2D eigenvalue weighted by Gasteiger charge is 2.49. The quantitative estimate of drug-likeness (QED) is 0.591. The Hall–Kier alpha value is -3.10. The summed E-state index contributed by atoms with van der Waals surface area (Å²) in [7, 11) is 0. The van der Waals surface area contributed by atoms with Crippen LogP contribution in [0.15, 0.2) is 53.3 Å². The van der Waals surface area contributed by atoms with Gasteiger partial charge < -0.3 is 0 Å². The van der Waals surface area contributed by atoms with E-state index in [1.54, 1.807) is 12.1 Å². The molecule has 0 aliphatic heterocycles. The van der Waals surface area contributed by atoms with Gasteiger partial charge in [0, 0.05) is 10.4 Å². The zero-order valence-electron chi connectivity index (χ0n) is 13.7. The molecule has 0 spiro atoms. The Morgan fingerprint density at radius 3 is 2.58 bits per heavy atom. The van der Waals surface area contributed by atoms with Crippen molar-refractivity contribution < 1.29 is 0 Å². The molecule has 2 aromatic carbocycles. The SMILES string of the molecule is N#Cc1c(C2(c3ccc(Cl)cc3)CC2)[nH]n2c(=O)c3ccccc3nc12. The predicted octanol–water partition coefficient (Wildman–Crippen LogP) is 3.78. The van der Waals surface area contributed by atoms with Crippen molar-refractivity contribution in [2.45, 2.75) is 18.3 Å². The first kappa shape index (κ1) is 15.2. The monoisotopic (exact) mass is 360 g/mol. The lowest BCUT2D eigenvalue weighted by molar-refractivity contribution is 0.762. The summed E-state index contributed by atoms with van der Waals surface area (Å²) in [4.78, 5) is 17.4. The summed E-state index contributed by atoms with van der Waals surface area (Å²) in [5, 5.41) is 14.2. The molecule has 126 valence electrons. The molecule has 0 bridgehead atoms. The van der Waals surface area contributed by atoms with Gasteiger partial charge in [-0.25, -0.2) is 4.98 Å². The number of hydrogen-bond donors (Lipinski definition) is 1. The molecule has 6 heteroatoms. The summed E-state index contributed by atoms with van der Waals surface area (Å²) in [6.45, 7) is 0. The first-order valence-corrected chi connectivity index (χ1v) is 8.72. The number of aromatic nitrogens is 3. The number of aromatic amines is 1. The van der Waals surface area contributed by atoms with E-state index >= 15 is 0 Å². The fourth-order valence-electron chi connectivity index (χ4n) is 3.71. The lowest BCUT2D eigenvalue weighted by Crippen LogP contribution is -2.16. The minimum absolute atomic E-state index is 0.194. The van der Waals surface area contributed by atoms with E-state index in [2.05, 4.69) is 16.2 Å². The molecule has 26 heavy (non-hydrogen) atoms. The zero-order chi connectivity index (χ0) is 17.9. The van der Waals surface area contributed by atoms with Crippen LogP contribution in [0.4, 0.5) is 0 Å². The van der Waals surface area contributed by atoms with Gasteiger partial charge in [-0.05, 0) is 42.7 Å². The third kappa shape index (κ3) is 1.97. The number of rotatable bonds is 2. The van der Waals surface area contributed by atoms with E-state index in [1.165, 1.54) is 4.52 Å². The van der Waals surface area contributed by atoms with Crippen LogP contribution in [0.25, 0.3) is 16.6 Å². The smallest absolute Gasteiger partial charge is 0.280 e. The lowest BCUT2D eigenvalue weighted by Gasteiger charge is -2.14. The molecule has 0 amide bonds. The van der Waals surface area contributed by atoms with Gasteiger partial charge in [-0.1, -0.05) is 35.9 Å². The Bertz CT molecular complexity index is 1270. The second-order valence-electron chi connectivity index (χ2n) is 6.66. The normalized spacial score (nSPS) is 15.2. The molecule has 0 radical (unpaired) electrons. The van der Waals surface area contributed by atoms with Gasteiger partial charge >= 0.3 is 0 Å². The van der Waals surface area contributed by atoms with Crippen molar-refractivity contribution in [1.29, 1.82) is 5.26 Å². The van der Waals surface area contributed by atoms with E-state index in [1.807, 2.05) is 36.4 Å². The van der Waals surface area contributed by atoms with Crippen LogP contribution in [-0.4, -0.2) is 14.6 Å². The summed E-state index contributed by atoms with van der Waals surface area (Å²) in [6.07, 6.45) is 1.81. The van der Waals surface area contributed by atoms with Crippen LogP contribution < -0.4 is 5.56 Å². The van der Waals surface area contributed by atoms with Crippen LogP contribution in [0.5, 0.6) is 0 Å². The Balaban J connectivity index is 1.83. The van der Waals surface area contributed by atoms with Crippen LogP contribution >= 0.6 is 11.6 Å². The van der Waals surface area contributed by atoms with Gasteiger partial charge in [0.25, 0.3) is 5.56 Å². The highest BCUT2D eigenvalue weighted by molar-refractivity contribution is 6.30. The summed E-state index contributed by atoms with van der Waals surface area (Å²) in [5.74, 6) is 0. The zero-order valence-corrected chi connectivity index (χ0v) is 14.4. The molecule has 1 aliphatic carbocycles. The Morgan fingerprint density at radius 1 is 1.15 bits per heavy atom. The molecule has 1 aliphatic rings. The number of nitrogens with one attached hydrogen (secondary N) is 1. The Kier molecular flexibility index (Phi) is 3.03. The van der Waals surface area contributed by atoms with Crippen molar-refractivity contribution in [2.75, 3.05) is 0 Å². The molecule has 5 rings (SSSR count). The van der Waals surface area contributed by atoms with E-state index in [4.69, 9.17) is 11.6 Å². The fourth-order valence-corrected chi connectivity index (χ4v) is 3.84. The summed E-state index contributed by atoms with van der Waals surface area (Å²) >= 11 is 6.02. The number of H-pyrrole nitrogens is 1. The molecule has 4 aromatic rings. The number of benzene rings is 2. The molecule has 0 unspecified atom stereocenters. The number of hydrogen-bond acceptors (Lipinski definition) is 3. The second-order valence-corrected chi connectivity index (χ2v) is 7.09. The van der Waals surface area contributed by atoms with Crippen molar-refractivity contribution in [2.24, 2.45) is 0 Å². The van der Waals surface area contributed by atoms with E-state index in [0.717, 1.165) is 24.1 Å². The number of nitrogens with zero attached hydrogens (tertiary/aromatic N) is 3. The van der Waals surface area contributed by atoms with Crippen LogP contribution in [0.1, 0.15) is 29.7 Å². The molecule has 1 saturated carbocycles. The van der Waals surface area contributed by atoms with Gasteiger partial charge in [0.15, 0.2) is 5.65 Å². The van der Waals surface area contributed by atoms with Gasteiger partial charge in [0.1, 0.15) is 11.6 Å². The standard InChI is InChI=1S/C20H13ClN4O/c21-13-7-5-12(6-8-13)20(9-10-20)17-15(11-22)18-23-16-4-2-1-3-14(16)19(26)25(18)24-17/h1-8,24H,9-10H2. The molecule has 1 N–H and O–H groups in total. The topological polar surface area (TPSA) is 73.9 Å². The molecule has 2 aromatic heterocycles. The minimum atomic E-state index is -0.290. The molecular formula is C20H13ClN4O. The van der Waals surface area contributed by atoms with Crippen molar-refractivity contribution >= 4 is 28.2 Å². The third-order valence-corrected chi connectivity index (χ3v) is 5.46. The van der Waals surface area contributed by atoms with Crippen LogP contribution in [0, 0.1) is 11.3 Å². The average molecular weight is 361 g/mol. The Labute approximate surface area is 153 Å². The van der Waals surface area contributed by atoms with E-state index < -0.39 is 0 Å². The average Bonchev–Trinajstić information content (AvgIpc) is 3.38. The van der Waals surface area contributed by atoms with Gasteiger partial charge in [-0.3, -0.25) is 9.89 Å². The highest BCUT2D eigenvalue weighted by Crippen LogP contribution is 2.54. The van der Waals surface area contributed by atoms with Crippen molar-refractivity contribution in [3.05, 3.63) is 80.7 Å². The van der Waals surface area contributed by atoms with Crippen molar-refractivity contribution in [3.8, 4) is 6.07 Å². The maximum Gasteiger partial charge on any atom is 0.280 e. The fraction of sp³-hybridized carbons (Fsp3) is 0.150. The Morgan fingerprint density at radius 2 is 1.88 bits per heavy atom. The lowest BCUT2D eigenvalue weighted by atomic mass is 9.90. The van der Waals surface area contributed by atoms with Gasteiger partial charge in [0.2, 0.25) is 0 Å². The molecule has 0 atom stereocenters. The first-order valence-electron chi connectivity index (χ1n) is 8.34. The number of para-hydroxylation sites is 1. The van der Waals surface area contributed by atoms with Gasteiger partial charge in [0.05, 0.1) is 16.6 Å². The summed E-state index contributed by atoms with van der Waals surface area (Å²) in [6, 6.07) is 17.1. The molecular weight excluding hydrogens is 348 g/mol. The molecule has 0 saturated heterocycles. The van der Waals surface area contributed by atoms with Crippen LogP contribution in [0.2, 0.25) is 5.02 Å². The van der Waals surface area contributed by atoms with E-state index in [-0.39, 0.29) is 11.0 Å². The molecule has 2 heterocycles. The molecule has 5 nitrogen and oxygen atoms in total. The number of halogens is 1. The van der Waals surface area contributed by atoms with Crippen LogP contribution in [-0.2, 0) is 5.41 Å². The first-order chi connectivity index (χ1) is 12.6. The number of fused-ring (bicyclic) bond motifs is 2. The van der Waals surface area contributed by atoms with Crippen molar-refractivity contribution in [3.63, 3.8) is 0 Å². The molecule has 1 fully saturated rings. The highest BCUT2D eigenvalue weighted by atomic mass is 35.5. The van der Waals surface area contributed by atoms with Crippen molar-refractivity contribution in [1.82, 2.24) is 14.6 Å². The van der Waals surface area contributed by atoms with Crippen LogP contribution in [0.3, 0.4) is 0 Å². The maximum atomic E-state index is 12.9. The second kappa shape index (κ2) is 5.20. The van der Waals surface area contributed by atoms with E-state index in [0.29, 0.717) is 27.1 Å². The minimum Gasteiger partial charge on any atom is -0.291 e.